The first-order valence-corrected chi connectivity index (χ1v) is 6.29. The van der Waals surface area contributed by atoms with Gasteiger partial charge in [-0.1, -0.05) is 27.5 Å². The zero-order chi connectivity index (χ0) is 10.8. The fraction of sp³-hybridized carbons (Fsp3) is 0.100. The average molecular weight is 304 g/mol. The van der Waals surface area contributed by atoms with Gasteiger partial charge in [0.25, 0.3) is 0 Å². The van der Waals surface area contributed by atoms with Crippen LogP contribution in [0.25, 0.3) is 10.6 Å². The predicted octanol–water partition coefficient (Wildman–Crippen LogP) is 3.68. The van der Waals surface area contributed by atoms with Crippen LogP contribution in [0.4, 0.5) is 0 Å². The number of hydrogen-bond donors (Lipinski definition) is 1. The molecule has 1 aromatic carbocycles. The summed E-state index contributed by atoms with van der Waals surface area (Å²) in [6.07, 6.45) is 1.81. The molecule has 2 nitrogen and oxygen atoms in total. The molecule has 15 heavy (non-hydrogen) atoms. The Hall–Kier alpha value is -0.420. The van der Waals surface area contributed by atoms with Gasteiger partial charge in [-0.3, -0.25) is 0 Å². The molecule has 0 bridgehead atoms. The van der Waals surface area contributed by atoms with Crippen molar-refractivity contribution < 1.29 is 0 Å². The maximum absolute atomic E-state index is 5.87. The van der Waals surface area contributed by atoms with E-state index in [1.807, 2.05) is 18.2 Å². The van der Waals surface area contributed by atoms with Crippen LogP contribution in [0.5, 0.6) is 0 Å². The molecule has 0 atom stereocenters. The number of benzene rings is 1. The first-order valence-electron chi connectivity index (χ1n) is 4.31. The Labute approximate surface area is 105 Å². The Bertz CT molecular complexity index is 484. The van der Waals surface area contributed by atoms with Crippen molar-refractivity contribution in [3.63, 3.8) is 0 Å². The van der Waals surface area contributed by atoms with E-state index in [0.717, 1.165) is 19.9 Å². The summed E-state index contributed by atoms with van der Waals surface area (Å²) in [5, 5.41) is 1.67. The van der Waals surface area contributed by atoms with Gasteiger partial charge in [-0.05, 0) is 18.2 Å². The van der Waals surface area contributed by atoms with Crippen molar-refractivity contribution in [2.24, 2.45) is 5.73 Å². The molecule has 1 heterocycles. The van der Waals surface area contributed by atoms with Gasteiger partial charge in [0, 0.05) is 32.7 Å². The number of nitrogens with two attached hydrogens (primary N) is 1. The number of nitrogens with zero attached hydrogens (tertiary/aromatic N) is 1. The minimum Gasteiger partial charge on any atom is -0.326 e. The van der Waals surface area contributed by atoms with Crippen LogP contribution in [-0.2, 0) is 6.54 Å². The summed E-state index contributed by atoms with van der Waals surface area (Å²) in [5.41, 5.74) is 6.59. The normalized spacial score (nSPS) is 10.6. The second-order valence-corrected chi connectivity index (χ2v) is 5.37. The summed E-state index contributed by atoms with van der Waals surface area (Å²) in [5.74, 6) is 0. The van der Waals surface area contributed by atoms with Crippen molar-refractivity contribution in [2.75, 3.05) is 0 Å². The van der Waals surface area contributed by atoms with Crippen molar-refractivity contribution in [2.45, 2.75) is 6.54 Å². The number of rotatable bonds is 2. The Morgan fingerprint density at radius 3 is 2.87 bits per heavy atom. The van der Waals surface area contributed by atoms with E-state index in [1.54, 1.807) is 17.5 Å². The molecule has 2 N–H and O–H groups in total. The maximum atomic E-state index is 5.87. The van der Waals surface area contributed by atoms with Crippen LogP contribution in [0.2, 0.25) is 5.02 Å². The molecule has 0 aliphatic heterocycles. The van der Waals surface area contributed by atoms with E-state index in [0.29, 0.717) is 11.6 Å². The lowest BCUT2D eigenvalue weighted by Crippen LogP contribution is -1.91. The van der Waals surface area contributed by atoms with Gasteiger partial charge >= 0.3 is 0 Å². The molecule has 0 radical (unpaired) electrons. The Kier molecular flexibility index (Phi) is 3.41. The van der Waals surface area contributed by atoms with Gasteiger partial charge in [0.1, 0.15) is 5.01 Å². The Balaban J connectivity index is 2.44. The molecule has 0 fully saturated rings. The zero-order valence-electron chi connectivity index (χ0n) is 7.71. The van der Waals surface area contributed by atoms with E-state index in [-0.39, 0.29) is 0 Å². The summed E-state index contributed by atoms with van der Waals surface area (Å²) >= 11 is 10.9. The molecule has 2 rings (SSSR count). The number of thiazole rings is 1. The molecular weight excluding hydrogens is 296 g/mol. The van der Waals surface area contributed by atoms with Crippen LogP contribution in [0.3, 0.4) is 0 Å². The highest BCUT2D eigenvalue weighted by atomic mass is 79.9. The highest BCUT2D eigenvalue weighted by molar-refractivity contribution is 9.10. The van der Waals surface area contributed by atoms with Gasteiger partial charge in [0.15, 0.2) is 0 Å². The second-order valence-electron chi connectivity index (χ2n) is 2.96. The van der Waals surface area contributed by atoms with E-state index in [9.17, 15) is 0 Å². The fourth-order valence-electron chi connectivity index (χ4n) is 1.19. The SMILES string of the molecule is NCc1cnc(-c2ccc(Cl)cc2Br)s1. The maximum Gasteiger partial charge on any atom is 0.124 e. The van der Waals surface area contributed by atoms with Crippen molar-refractivity contribution in [1.29, 1.82) is 0 Å². The standard InChI is InChI=1S/C10H8BrClN2S/c11-9-3-6(12)1-2-8(9)10-14-5-7(4-13)15-10/h1-3,5H,4,13H2. The molecule has 0 spiro atoms. The van der Waals surface area contributed by atoms with Gasteiger partial charge in [-0.25, -0.2) is 4.98 Å². The molecule has 5 heteroatoms. The smallest absolute Gasteiger partial charge is 0.124 e. The molecule has 0 unspecified atom stereocenters. The van der Waals surface area contributed by atoms with Crippen molar-refractivity contribution in [1.82, 2.24) is 4.98 Å². The van der Waals surface area contributed by atoms with Crippen LogP contribution in [0, 0.1) is 0 Å². The van der Waals surface area contributed by atoms with Crippen molar-refractivity contribution in [3.8, 4) is 10.6 Å². The third-order valence-corrected chi connectivity index (χ3v) is 3.86. The summed E-state index contributed by atoms with van der Waals surface area (Å²) in [4.78, 5) is 5.39. The van der Waals surface area contributed by atoms with Gasteiger partial charge in [0.05, 0.1) is 0 Å². The lowest BCUT2D eigenvalue weighted by atomic mass is 10.2. The second kappa shape index (κ2) is 4.61. The van der Waals surface area contributed by atoms with Crippen molar-refractivity contribution >= 4 is 38.9 Å². The molecule has 0 aliphatic rings. The quantitative estimate of drug-likeness (QED) is 0.919. The Morgan fingerprint density at radius 1 is 1.47 bits per heavy atom. The van der Waals surface area contributed by atoms with Gasteiger partial charge in [0.2, 0.25) is 0 Å². The largest absolute Gasteiger partial charge is 0.326 e. The molecule has 0 amide bonds. The number of halogens is 2. The van der Waals surface area contributed by atoms with E-state index in [1.165, 1.54) is 0 Å². The summed E-state index contributed by atoms with van der Waals surface area (Å²) in [6, 6.07) is 5.66. The van der Waals surface area contributed by atoms with Crippen LogP contribution < -0.4 is 5.73 Å². The predicted molar refractivity (Wildman–Crippen MR) is 68.2 cm³/mol. The molecule has 0 saturated carbocycles. The molecule has 0 saturated heterocycles. The van der Waals surface area contributed by atoms with E-state index < -0.39 is 0 Å². The summed E-state index contributed by atoms with van der Waals surface area (Å²) in [7, 11) is 0. The van der Waals surface area contributed by atoms with Crippen molar-refractivity contribution in [3.05, 3.63) is 38.8 Å². The summed E-state index contributed by atoms with van der Waals surface area (Å²) in [6.45, 7) is 0.531. The van der Waals surface area contributed by atoms with E-state index in [2.05, 4.69) is 20.9 Å². The molecule has 78 valence electrons. The highest BCUT2D eigenvalue weighted by Crippen LogP contribution is 2.32. The highest BCUT2D eigenvalue weighted by Gasteiger charge is 2.07. The van der Waals surface area contributed by atoms with Gasteiger partial charge < -0.3 is 5.73 Å². The minimum atomic E-state index is 0.531. The number of aromatic nitrogens is 1. The van der Waals surface area contributed by atoms with Crippen LogP contribution in [0.15, 0.2) is 28.9 Å². The van der Waals surface area contributed by atoms with Gasteiger partial charge in [-0.2, -0.15) is 0 Å². The zero-order valence-corrected chi connectivity index (χ0v) is 10.9. The van der Waals surface area contributed by atoms with E-state index in [4.69, 9.17) is 17.3 Å². The first kappa shape index (κ1) is 11.1. The van der Waals surface area contributed by atoms with Gasteiger partial charge in [-0.15, -0.1) is 11.3 Å². The van der Waals surface area contributed by atoms with Crippen LogP contribution >= 0.6 is 38.9 Å². The lowest BCUT2D eigenvalue weighted by Gasteiger charge is -2.00. The first-order chi connectivity index (χ1) is 7.20. The third kappa shape index (κ3) is 2.39. The molecule has 1 aromatic heterocycles. The summed E-state index contributed by atoms with van der Waals surface area (Å²) < 4.78 is 0.952. The average Bonchev–Trinajstić information content (AvgIpc) is 2.66. The van der Waals surface area contributed by atoms with Crippen LogP contribution in [0.1, 0.15) is 4.88 Å². The fourth-order valence-corrected chi connectivity index (χ4v) is 3.02. The van der Waals surface area contributed by atoms with E-state index >= 15 is 0 Å². The molecular formula is C10H8BrClN2S. The topological polar surface area (TPSA) is 38.9 Å². The van der Waals surface area contributed by atoms with Crippen LogP contribution in [-0.4, -0.2) is 4.98 Å². The third-order valence-electron chi connectivity index (χ3n) is 1.92. The monoisotopic (exact) mass is 302 g/mol. The molecule has 0 aliphatic carbocycles. The lowest BCUT2D eigenvalue weighted by molar-refractivity contribution is 1.10. The minimum absolute atomic E-state index is 0.531. The number of hydrogen-bond acceptors (Lipinski definition) is 3. The molecule has 2 aromatic rings. The Morgan fingerprint density at radius 2 is 2.27 bits per heavy atom.